The second-order valence-corrected chi connectivity index (χ2v) is 4.61. The Kier molecular flexibility index (Phi) is 3.40. The second-order valence-electron chi connectivity index (χ2n) is 3.50. The summed E-state index contributed by atoms with van der Waals surface area (Å²) in [6.07, 6.45) is 2.67. The number of hydrogen-bond acceptors (Lipinski definition) is 3. The summed E-state index contributed by atoms with van der Waals surface area (Å²) in [6, 6.07) is 0. The Balaban J connectivity index is 2.53. The minimum absolute atomic E-state index is 0.00868. The molecule has 4 N–H and O–H groups in total. The van der Waals surface area contributed by atoms with E-state index in [0.717, 1.165) is 18.6 Å². The Morgan fingerprint density at radius 3 is 2.75 bits per heavy atom. The van der Waals surface area contributed by atoms with Gasteiger partial charge in [-0.1, -0.05) is 0 Å². The van der Waals surface area contributed by atoms with Crippen molar-refractivity contribution < 1.29 is 4.79 Å². The number of amides is 1. The molecule has 1 aliphatic rings. The highest BCUT2D eigenvalue weighted by molar-refractivity contribution is 7.99. The summed E-state index contributed by atoms with van der Waals surface area (Å²) in [7, 11) is 0. The molecule has 1 saturated heterocycles. The fraction of sp³-hybridized carbons (Fsp3) is 0.875. The molecular weight excluding hydrogens is 172 g/mol. The quantitative estimate of drug-likeness (QED) is 0.670. The lowest BCUT2D eigenvalue weighted by molar-refractivity contribution is -0.120. The highest BCUT2D eigenvalue weighted by Crippen LogP contribution is 2.36. The van der Waals surface area contributed by atoms with E-state index in [0.29, 0.717) is 13.0 Å². The summed E-state index contributed by atoms with van der Waals surface area (Å²) in [5, 5.41) is 0. The van der Waals surface area contributed by atoms with Gasteiger partial charge in [-0.15, -0.1) is 0 Å². The van der Waals surface area contributed by atoms with Gasteiger partial charge in [0.15, 0.2) is 0 Å². The first-order valence-electron chi connectivity index (χ1n) is 4.25. The van der Waals surface area contributed by atoms with Crippen LogP contribution in [0.2, 0.25) is 0 Å². The maximum Gasteiger partial charge on any atom is 0.218 e. The predicted molar refractivity (Wildman–Crippen MR) is 51.9 cm³/mol. The highest BCUT2D eigenvalue weighted by Gasteiger charge is 2.32. The van der Waals surface area contributed by atoms with Crippen LogP contribution in [-0.2, 0) is 4.79 Å². The first kappa shape index (κ1) is 9.86. The van der Waals surface area contributed by atoms with Crippen molar-refractivity contribution in [2.24, 2.45) is 16.9 Å². The number of hydrogen-bond donors (Lipinski definition) is 2. The smallest absolute Gasteiger partial charge is 0.218 e. The van der Waals surface area contributed by atoms with Crippen molar-refractivity contribution in [2.75, 3.05) is 18.1 Å². The third kappa shape index (κ3) is 2.38. The maximum absolute atomic E-state index is 10.8. The first-order valence-corrected chi connectivity index (χ1v) is 5.40. The van der Waals surface area contributed by atoms with E-state index in [-0.39, 0.29) is 11.3 Å². The molecule has 1 amide bonds. The zero-order valence-corrected chi connectivity index (χ0v) is 8.03. The van der Waals surface area contributed by atoms with E-state index in [9.17, 15) is 4.79 Å². The zero-order chi connectivity index (χ0) is 9.03. The van der Waals surface area contributed by atoms with Crippen molar-refractivity contribution in [3.05, 3.63) is 0 Å². The molecule has 0 saturated carbocycles. The minimum Gasteiger partial charge on any atom is -0.370 e. The standard InChI is InChI=1S/C8H16N2OS/c9-5-8(4-7(10)11)2-1-3-12-6-8/h1-6,9H2,(H2,10,11). The van der Waals surface area contributed by atoms with Crippen LogP contribution in [0.5, 0.6) is 0 Å². The third-order valence-corrected chi connectivity index (χ3v) is 3.78. The van der Waals surface area contributed by atoms with Crippen LogP contribution in [0.3, 0.4) is 0 Å². The van der Waals surface area contributed by atoms with Crippen molar-refractivity contribution in [1.82, 2.24) is 0 Å². The Morgan fingerprint density at radius 1 is 1.58 bits per heavy atom. The molecule has 4 heteroatoms. The van der Waals surface area contributed by atoms with Crippen LogP contribution in [0.25, 0.3) is 0 Å². The lowest BCUT2D eigenvalue weighted by Crippen LogP contribution is -2.39. The van der Waals surface area contributed by atoms with E-state index in [1.165, 1.54) is 5.75 Å². The van der Waals surface area contributed by atoms with Crippen LogP contribution in [0, 0.1) is 5.41 Å². The van der Waals surface area contributed by atoms with Gasteiger partial charge in [0.25, 0.3) is 0 Å². The molecule has 0 radical (unpaired) electrons. The number of carbonyl (C=O) groups excluding carboxylic acids is 1. The monoisotopic (exact) mass is 188 g/mol. The molecule has 0 spiro atoms. The normalized spacial score (nSPS) is 30.1. The van der Waals surface area contributed by atoms with Crippen molar-refractivity contribution in [3.63, 3.8) is 0 Å². The summed E-state index contributed by atoms with van der Waals surface area (Å²) in [5.74, 6) is 1.97. The molecule has 0 aliphatic carbocycles. The molecule has 70 valence electrons. The van der Waals surface area contributed by atoms with Crippen molar-refractivity contribution in [1.29, 1.82) is 0 Å². The molecule has 1 unspecified atom stereocenters. The van der Waals surface area contributed by atoms with Crippen LogP contribution in [0.4, 0.5) is 0 Å². The Hall–Kier alpha value is -0.220. The number of primary amides is 1. The molecule has 1 atom stereocenters. The van der Waals surface area contributed by atoms with Gasteiger partial charge in [-0.25, -0.2) is 0 Å². The number of carbonyl (C=O) groups is 1. The maximum atomic E-state index is 10.8. The molecule has 3 nitrogen and oxygen atoms in total. The lowest BCUT2D eigenvalue weighted by atomic mass is 9.81. The molecule has 1 heterocycles. The van der Waals surface area contributed by atoms with Gasteiger partial charge in [-0.05, 0) is 25.1 Å². The van der Waals surface area contributed by atoms with Crippen LogP contribution < -0.4 is 11.5 Å². The van der Waals surface area contributed by atoms with Gasteiger partial charge in [-0.3, -0.25) is 4.79 Å². The lowest BCUT2D eigenvalue weighted by Gasteiger charge is -2.34. The molecule has 0 aromatic rings. The zero-order valence-electron chi connectivity index (χ0n) is 7.21. The SMILES string of the molecule is NCC1(CC(N)=O)CCCSC1. The molecule has 0 bridgehead atoms. The van der Waals surface area contributed by atoms with Gasteiger partial charge in [0, 0.05) is 17.6 Å². The number of thioether (sulfide) groups is 1. The van der Waals surface area contributed by atoms with Gasteiger partial charge < -0.3 is 11.5 Å². The molecule has 1 rings (SSSR count). The van der Waals surface area contributed by atoms with Crippen LogP contribution >= 0.6 is 11.8 Å². The molecule has 1 aliphatic heterocycles. The van der Waals surface area contributed by atoms with Crippen LogP contribution in [0.1, 0.15) is 19.3 Å². The van der Waals surface area contributed by atoms with E-state index >= 15 is 0 Å². The van der Waals surface area contributed by atoms with Gasteiger partial charge in [-0.2, -0.15) is 11.8 Å². The van der Waals surface area contributed by atoms with Crippen LogP contribution in [0.15, 0.2) is 0 Å². The average Bonchev–Trinajstić information content (AvgIpc) is 2.05. The van der Waals surface area contributed by atoms with Crippen molar-refractivity contribution in [3.8, 4) is 0 Å². The Morgan fingerprint density at radius 2 is 2.33 bits per heavy atom. The molecule has 1 fully saturated rings. The van der Waals surface area contributed by atoms with Crippen LogP contribution in [-0.4, -0.2) is 24.0 Å². The molecule has 0 aromatic carbocycles. The fourth-order valence-corrected chi connectivity index (χ4v) is 2.94. The fourth-order valence-electron chi connectivity index (χ4n) is 1.65. The minimum atomic E-state index is -0.219. The summed E-state index contributed by atoms with van der Waals surface area (Å²) in [4.78, 5) is 10.8. The van der Waals surface area contributed by atoms with E-state index < -0.39 is 0 Å². The molecular formula is C8H16N2OS. The third-order valence-electron chi connectivity index (χ3n) is 2.39. The topological polar surface area (TPSA) is 69.1 Å². The largest absolute Gasteiger partial charge is 0.370 e. The van der Waals surface area contributed by atoms with Gasteiger partial charge in [0.1, 0.15) is 0 Å². The number of nitrogens with two attached hydrogens (primary N) is 2. The van der Waals surface area contributed by atoms with Gasteiger partial charge in [0.2, 0.25) is 5.91 Å². The van der Waals surface area contributed by atoms with Crippen molar-refractivity contribution in [2.45, 2.75) is 19.3 Å². The van der Waals surface area contributed by atoms with Gasteiger partial charge >= 0.3 is 0 Å². The van der Waals surface area contributed by atoms with E-state index in [1.807, 2.05) is 11.8 Å². The highest BCUT2D eigenvalue weighted by atomic mass is 32.2. The first-order chi connectivity index (χ1) is 5.68. The average molecular weight is 188 g/mol. The van der Waals surface area contributed by atoms with E-state index in [4.69, 9.17) is 11.5 Å². The second kappa shape index (κ2) is 4.14. The summed E-state index contributed by atoms with van der Waals surface area (Å²) < 4.78 is 0. The molecule has 12 heavy (non-hydrogen) atoms. The summed E-state index contributed by atoms with van der Waals surface area (Å²) in [5.41, 5.74) is 10.9. The van der Waals surface area contributed by atoms with E-state index in [1.54, 1.807) is 0 Å². The predicted octanol–water partition coefficient (Wildman–Crippen LogP) is 0.334. The molecule has 0 aromatic heterocycles. The summed E-state index contributed by atoms with van der Waals surface area (Å²) in [6.45, 7) is 0.586. The van der Waals surface area contributed by atoms with Gasteiger partial charge in [0.05, 0.1) is 0 Å². The Bertz CT molecular complexity index is 166. The van der Waals surface area contributed by atoms with E-state index in [2.05, 4.69) is 0 Å². The summed E-state index contributed by atoms with van der Waals surface area (Å²) >= 11 is 1.88. The van der Waals surface area contributed by atoms with Crippen molar-refractivity contribution >= 4 is 17.7 Å². The Labute approximate surface area is 77.3 Å². The number of rotatable bonds is 3.